The van der Waals surface area contributed by atoms with Crippen LogP contribution in [0, 0.1) is 18.7 Å². The Balaban J connectivity index is 1.50. The van der Waals surface area contributed by atoms with E-state index < -0.39 is 22.7 Å². The van der Waals surface area contributed by atoms with E-state index in [1.165, 1.54) is 28.8 Å². The lowest BCUT2D eigenvalue weighted by atomic mass is 9.95. The van der Waals surface area contributed by atoms with Gasteiger partial charge in [-0.05, 0) is 67.5 Å². The van der Waals surface area contributed by atoms with Crippen molar-refractivity contribution in [2.75, 3.05) is 4.72 Å². The largest absolute Gasteiger partial charge is 0.476 e. The highest BCUT2D eigenvalue weighted by Crippen LogP contribution is 2.39. The van der Waals surface area contributed by atoms with Crippen molar-refractivity contribution in [3.8, 4) is 27.5 Å². The van der Waals surface area contributed by atoms with Crippen molar-refractivity contribution in [1.82, 2.24) is 19.7 Å². The molecule has 3 aromatic heterocycles. The Kier molecular flexibility index (Phi) is 7.56. The van der Waals surface area contributed by atoms with E-state index in [-0.39, 0.29) is 11.4 Å². The molecule has 0 atom stereocenters. The molecule has 0 radical (unpaired) electrons. The number of carboxylic acids is 1. The van der Waals surface area contributed by atoms with Crippen LogP contribution in [0.5, 0.6) is 0 Å². The smallest absolute Gasteiger partial charge is 0.355 e. The number of thiol groups is 1. The molecule has 2 N–H and O–H groups in total. The van der Waals surface area contributed by atoms with Crippen LogP contribution in [0.3, 0.4) is 0 Å². The summed E-state index contributed by atoms with van der Waals surface area (Å²) in [6.07, 6.45) is 5.02. The zero-order valence-corrected chi connectivity index (χ0v) is 24.2. The molecular formula is C30H26FN5O4S2. The van der Waals surface area contributed by atoms with Crippen molar-refractivity contribution in [3.05, 3.63) is 100 Å². The Bertz CT molecular complexity index is 1870. The van der Waals surface area contributed by atoms with Crippen LogP contribution in [-0.4, -0.2) is 39.2 Å². The van der Waals surface area contributed by atoms with Crippen LogP contribution in [0.15, 0.2) is 66.2 Å². The minimum atomic E-state index is -3.00. The summed E-state index contributed by atoms with van der Waals surface area (Å²) in [5.74, 6) is -1.32. The number of nitrogens with zero attached hydrogens (tertiary/aromatic N) is 4. The molecule has 2 aromatic carbocycles. The van der Waals surface area contributed by atoms with Crippen molar-refractivity contribution in [1.29, 1.82) is 0 Å². The molecule has 12 heteroatoms. The fraction of sp³-hybridized carbons (Fsp3) is 0.200. The van der Waals surface area contributed by atoms with E-state index in [0.29, 0.717) is 35.1 Å². The number of hydrogen-bond acceptors (Lipinski definition) is 7. The second-order valence-electron chi connectivity index (χ2n) is 10.3. The van der Waals surface area contributed by atoms with E-state index in [0.717, 1.165) is 46.5 Å². The number of rotatable bonds is 10. The maximum absolute atomic E-state index is 14.9. The van der Waals surface area contributed by atoms with E-state index in [1.54, 1.807) is 10.7 Å². The number of aromatic carboxylic acids is 1. The Morgan fingerprint density at radius 1 is 1.12 bits per heavy atom. The van der Waals surface area contributed by atoms with Crippen molar-refractivity contribution < 1.29 is 22.7 Å². The van der Waals surface area contributed by atoms with Crippen LogP contribution in [0.4, 0.5) is 10.1 Å². The number of carboxylic acid groups (broad SMARTS) is 1. The number of aromatic nitrogens is 4. The van der Waals surface area contributed by atoms with Gasteiger partial charge in [0.25, 0.3) is 0 Å². The van der Waals surface area contributed by atoms with E-state index in [2.05, 4.69) is 14.7 Å². The molecule has 1 saturated carbocycles. The average molecular weight is 604 g/mol. The Morgan fingerprint density at radius 2 is 1.93 bits per heavy atom. The van der Waals surface area contributed by atoms with Crippen LogP contribution in [0.2, 0.25) is 0 Å². The van der Waals surface area contributed by atoms with Gasteiger partial charge in [-0.3, -0.25) is 9.71 Å². The first-order chi connectivity index (χ1) is 20.2. The van der Waals surface area contributed by atoms with Gasteiger partial charge in [0.2, 0.25) is 16.0 Å². The molecule has 42 heavy (non-hydrogen) atoms. The number of halogens is 1. The fourth-order valence-electron chi connectivity index (χ4n) is 4.87. The third kappa shape index (κ3) is 5.95. The second kappa shape index (κ2) is 11.5. The number of hydrogen-bond donors (Lipinski definition) is 3. The molecule has 3 heterocycles. The lowest BCUT2D eigenvalue weighted by Gasteiger charge is -2.10. The Hall–Kier alpha value is -4.42. The molecule has 214 valence electrons. The molecule has 1 aliphatic rings. The minimum Gasteiger partial charge on any atom is -0.476 e. The topological polar surface area (TPSA) is 127 Å². The molecule has 0 spiro atoms. The third-order valence-electron chi connectivity index (χ3n) is 7.17. The minimum absolute atomic E-state index is 0.0540. The van der Waals surface area contributed by atoms with Gasteiger partial charge < -0.3 is 5.11 Å². The summed E-state index contributed by atoms with van der Waals surface area (Å²) in [5, 5.41) is 16.4. The number of carbonyl (C=O) groups is 1. The molecule has 1 aliphatic carbocycles. The fourth-order valence-corrected chi connectivity index (χ4v) is 6.02. The summed E-state index contributed by atoms with van der Waals surface area (Å²) in [6.45, 7) is 1.93. The first-order valence-corrected chi connectivity index (χ1v) is 15.3. The number of aryl methyl sites for hydroxylation is 1. The maximum Gasteiger partial charge on any atom is 0.355 e. The van der Waals surface area contributed by atoms with Crippen LogP contribution < -0.4 is 4.72 Å². The van der Waals surface area contributed by atoms with Crippen molar-refractivity contribution >= 4 is 33.9 Å². The van der Waals surface area contributed by atoms with Crippen LogP contribution in [-0.2, 0) is 23.7 Å². The highest BCUT2D eigenvalue weighted by Gasteiger charge is 2.29. The van der Waals surface area contributed by atoms with Gasteiger partial charge in [-0.1, -0.05) is 30.3 Å². The normalized spacial score (nSPS) is 13.0. The number of nitrogens with one attached hydrogen (secondary N) is 1. The molecular weight excluding hydrogens is 577 g/mol. The van der Waals surface area contributed by atoms with E-state index in [4.69, 9.17) is 5.10 Å². The predicted molar refractivity (Wildman–Crippen MR) is 159 cm³/mol. The highest BCUT2D eigenvalue weighted by molar-refractivity contribution is 7.73. The first kappa shape index (κ1) is 27.7. The lowest BCUT2D eigenvalue weighted by molar-refractivity contribution is 0.0691. The Labute approximate surface area is 246 Å². The molecule has 0 amide bonds. The predicted octanol–water partition coefficient (Wildman–Crippen LogP) is 5.69. The molecule has 0 saturated heterocycles. The van der Waals surface area contributed by atoms with Gasteiger partial charge in [-0.2, -0.15) is 5.10 Å². The van der Waals surface area contributed by atoms with Crippen molar-refractivity contribution in [2.24, 2.45) is 5.92 Å². The zero-order chi connectivity index (χ0) is 29.4. The van der Waals surface area contributed by atoms with E-state index >= 15 is 0 Å². The standard InChI is InChI=1S/C30H26FN5O4S2/c1-17-5-9-22(15-32-17)20-3-2-4-21(14-20)28-23(11-19-8-10-25(24(31)12-19)35-42(39)40)27(13-18-6-7-18)36(34-28)30-33-26(16-41-30)29(37)38/h2-5,8-10,12,14-16,18,42H,6-7,11,13H2,1H3,(H,37,38)(H,35,39,40). The highest BCUT2D eigenvalue weighted by atomic mass is 32.2. The monoisotopic (exact) mass is 603 g/mol. The van der Waals surface area contributed by atoms with Crippen molar-refractivity contribution in [2.45, 2.75) is 32.6 Å². The van der Waals surface area contributed by atoms with E-state index in [9.17, 15) is 22.7 Å². The van der Waals surface area contributed by atoms with Crippen LogP contribution in [0.25, 0.3) is 27.5 Å². The van der Waals surface area contributed by atoms with Gasteiger partial charge in [0, 0.05) is 40.4 Å². The van der Waals surface area contributed by atoms with Crippen LogP contribution >= 0.6 is 11.3 Å². The molecule has 6 rings (SSSR count). The van der Waals surface area contributed by atoms with Crippen molar-refractivity contribution in [3.63, 3.8) is 0 Å². The van der Waals surface area contributed by atoms with Crippen LogP contribution in [0.1, 0.15) is 45.8 Å². The number of pyridine rings is 1. The van der Waals surface area contributed by atoms with Gasteiger partial charge in [-0.15, -0.1) is 11.3 Å². The quantitative estimate of drug-likeness (QED) is 0.175. The summed E-state index contributed by atoms with van der Waals surface area (Å²) in [4.78, 5) is 20.4. The maximum atomic E-state index is 14.9. The molecule has 0 unspecified atom stereocenters. The summed E-state index contributed by atoms with van der Waals surface area (Å²) in [6, 6.07) is 16.3. The SMILES string of the molecule is Cc1ccc(-c2cccc(-c3nn(-c4nc(C(=O)O)cs4)c(CC4CC4)c3Cc3ccc(N[SH](=O)=O)c(F)c3)c2)cn1. The van der Waals surface area contributed by atoms with Gasteiger partial charge in [-0.25, -0.2) is 27.3 Å². The van der Waals surface area contributed by atoms with Gasteiger partial charge >= 0.3 is 5.97 Å². The summed E-state index contributed by atoms with van der Waals surface area (Å²) < 4.78 is 40.9. The third-order valence-corrected chi connectivity index (χ3v) is 8.41. The first-order valence-electron chi connectivity index (χ1n) is 13.3. The second-order valence-corrected chi connectivity index (χ2v) is 11.9. The van der Waals surface area contributed by atoms with Gasteiger partial charge in [0.1, 0.15) is 5.82 Å². The summed E-state index contributed by atoms with van der Waals surface area (Å²) >= 11 is 1.20. The lowest BCUT2D eigenvalue weighted by Crippen LogP contribution is -2.06. The zero-order valence-electron chi connectivity index (χ0n) is 22.5. The summed E-state index contributed by atoms with van der Waals surface area (Å²) in [7, 11) is -3.00. The number of thiazole rings is 1. The Morgan fingerprint density at radius 3 is 2.60 bits per heavy atom. The molecule has 1 fully saturated rings. The van der Waals surface area contributed by atoms with E-state index in [1.807, 2.05) is 49.5 Å². The number of benzene rings is 2. The molecule has 0 aliphatic heterocycles. The molecule has 0 bridgehead atoms. The average Bonchev–Trinajstić information content (AvgIpc) is 3.52. The molecule has 9 nitrogen and oxygen atoms in total. The number of anilines is 1. The van der Waals surface area contributed by atoms with Gasteiger partial charge in [0.05, 0.1) is 17.1 Å². The summed E-state index contributed by atoms with van der Waals surface area (Å²) in [5.41, 5.74) is 6.60. The molecule has 5 aromatic rings. The van der Waals surface area contributed by atoms with Gasteiger partial charge in [0.15, 0.2) is 5.69 Å².